The van der Waals surface area contributed by atoms with Crippen molar-refractivity contribution in [2.75, 3.05) is 30.7 Å². The summed E-state index contributed by atoms with van der Waals surface area (Å²) in [5, 5.41) is 16.5. The van der Waals surface area contributed by atoms with Crippen LogP contribution in [0.25, 0.3) is 16.7 Å². The number of pyridine rings is 2. The maximum atomic E-state index is 13.7. The summed E-state index contributed by atoms with van der Waals surface area (Å²) in [6.07, 6.45) is 10.8. The molecule has 0 spiro atoms. The number of hydrogen-bond acceptors (Lipinski definition) is 7. The Bertz CT molecular complexity index is 1570. The van der Waals surface area contributed by atoms with Gasteiger partial charge in [-0.05, 0) is 72.3 Å². The van der Waals surface area contributed by atoms with Crippen LogP contribution in [0.15, 0.2) is 83.0 Å². The molecule has 2 aliphatic rings. The van der Waals surface area contributed by atoms with E-state index < -0.39 is 5.92 Å². The molecule has 4 N–H and O–H groups in total. The highest BCUT2D eigenvalue weighted by Crippen LogP contribution is 2.34. The van der Waals surface area contributed by atoms with Crippen molar-refractivity contribution in [3.8, 4) is 11.1 Å². The third-order valence-electron chi connectivity index (χ3n) is 7.19. The first-order valence-corrected chi connectivity index (χ1v) is 14.5. The van der Waals surface area contributed by atoms with Crippen LogP contribution in [0.5, 0.6) is 0 Å². The number of likely N-dealkylation sites (tertiary alicyclic amines) is 1. The number of fused-ring (bicyclic) bond motifs is 1. The number of anilines is 2. The van der Waals surface area contributed by atoms with Crippen LogP contribution in [0.4, 0.5) is 20.2 Å². The maximum Gasteiger partial charge on any atom is 0.261 e. The van der Waals surface area contributed by atoms with Crippen molar-refractivity contribution in [2.45, 2.75) is 39.0 Å². The van der Waals surface area contributed by atoms with Gasteiger partial charge in [0.25, 0.3) is 5.92 Å². The SMILES string of the molecule is C=C(C)C/C=C(\C=C(/C)CN1CCC(F)(F)C1)c1ccc(N)c(C(=N)C2=CCc3c(cncc3-c3ccsc3)N2)n1. The Balaban J connectivity index is 1.41. The van der Waals surface area contributed by atoms with Crippen LogP contribution in [-0.2, 0) is 6.42 Å². The van der Waals surface area contributed by atoms with Gasteiger partial charge in [0, 0.05) is 31.3 Å². The monoisotopic (exact) mass is 572 g/mol. The molecule has 3 aromatic rings. The molecule has 1 saturated heterocycles. The third kappa shape index (κ3) is 6.69. The third-order valence-corrected chi connectivity index (χ3v) is 7.87. The first-order valence-electron chi connectivity index (χ1n) is 13.5. The van der Waals surface area contributed by atoms with Crippen LogP contribution in [0.3, 0.4) is 0 Å². The minimum atomic E-state index is -2.63. The van der Waals surface area contributed by atoms with E-state index >= 15 is 0 Å². The molecule has 5 rings (SSSR count). The number of nitrogen functional groups attached to an aromatic ring is 1. The van der Waals surface area contributed by atoms with E-state index in [1.165, 1.54) is 0 Å². The molecule has 0 atom stereocenters. The largest absolute Gasteiger partial charge is 0.397 e. The fraction of sp³-hybridized carbons (Fsp3) is 0.281. The first-order chi connectivity index (χ1) is 19.6. The van der Waals surface area contributed by atoms with Crippen molar-refractivity contribution in [2.24, 2.45) is 0 Å². The maximum absolute atomic E-state index is 13.7. The molecular weight excluding hydrogens is 538 g/mol. The van der Waals surface area contributed by atoms with E-state index in [1.807, 2.05) is 49.7 Å². The lowest BCUT2D eigenvalue weighted by molar-refractivity contribution is 0.0131. The standard InChI is InChI=1S/C32H34F2N6S/c1-20(2)4-5-22(14-21(3)17-40-12-11-32(33,34)19-40)27-9-7-26(35)31(39-27)30(36)28-8-6-24-25(23-10-13-41-18-23)15-37-16-29(24)38-28/h5,7-10,13-16,18,36,38H,1,4,6,11-12,17,19,35H2,2-3H3/b21-14+,22-5+,36-30?. The fourth-order valence-electron chi connectivity index (χ4n) is 5.13. The van der Waals surface area contributed by atoms with Crippen molar-refractivity contribution >= 4 is 34.0 Å². The molecule has 9 heteroatoms. The van der Waals surface area contributed by atoms with E-state index in [4.69, 9.17) is 16.1 Å². The molecule has 5 heterocycles. The molecule has 0 aliphatic carbocycles. The molecule has 212 valence electrons. The normalized spacial score (nSPS) is 17.1. The zero-order valence-electron chi connectivity index (χ0n) is 23.3. The number of hydrogen-bond donors (Lipinski definition) is 3. The lowest BCUT2D eigenvalue weighted by atomic mass is 9.96. The van der Waals surface area contributed by atoms with Gasteiger partial charge in [0.15, 0.2) is 0 Å². The molecule has 0 saturated carbocycles. The Labute approximate surface area is 243 Å². The highest BCUT2D eigenvalue weighted by Gasteiger charge is 2.37. The molecule has 0 unspecified atom stereocenters. The van der Waals surface area contributed by atoms with Gasteiger partial charge in [0.1, 0.15) is 11.4 Å². The molecule has 6 nitrogen and oxygen atoms in total. The van der Waals surface area contributed by atoms with Crippen molar-refractivity contribution in [3.05, 3.63) is 100.0 Å². The van der Waals surface area contributed by atoms with E-state index in [9.17, 15) is 8.78 Å². The van der Waals surface area contributed by atoms with Crippen LogP contribution < -0.4 is 11.1 Å². The van der Waals surface area contributed by atoms with Gasteiger partial charge in [-0.3, -0.25) is 15.3 Å². The predicted octanol–water partition coefficient (Wildman–Crippen LogP) is 7.34. The van der Waals surface area contributed by atoms with Gasteiger partial charge in [0.05, 0.1) is 35.5 Å². The lowest BCUT2D eigenvalue weighted by Crippen LogP contribution is -2.26. The molecule has 0 aromatic carbocycles. The Morgan fingerprint density at radius 3 is 2.80 bits per heavy atom. The minimum absolute atomic E-state index is 0.108. The molecule has 0 amide bonds. The van der Waals surface area contributed by atoms with Gasteiger partial charge in [-0.2, -0.15) is 11.3 Å². The molecule has 3 aromatic heterocycles. The quantitative estimate of drug-likeness (QED) is 0.142. The average Bonchev–Trinajstić information content (AvgIpc) is 3.59. The number of alkyl halides is 2. The van der Waals surface area contributed by atoms with Crippen molar-refractivity contribution in [3.63, 3.8) is 0 Å². The smallest absolute Gasteiger partial charge is 0.261 e. The molecule has 0 bridgehead atoms. The number of thiophene rings is 1. The number of nitrogens with one attached hydrogen (secondary N) is 2. The van der Waals surface area contributed by atoms with E-state index in [2.05, 4.69) is 28.3 Å². The summed E-state index contributed by atoms with van der Waals surface area (Å²) >= 11 is 1.64. The number of nitrogens with two attached hydrogens (primary N) is 1. The second-order valence-electron chi connectivity index (χ2n) is 10.8. The zero-order chi connectivity index (χ0) is 29.1. The summed E-state index contributed by atoms with van der Waals surface area (Å²) in [5.41, 5.74) is 15.5. The van der Waals surface area contributed by atoms with Gasteiger partial charge in [-0.25, -0.2) is 13.8 Å². The van der Waals surface area contributed by atoms with Gasteiger partial charge in [-0.1, -0.05) is 36.0 Å². The van der Waals surface area contributed by atoms with Gasteiger partial charge in [-0.15, -0.1) is 0 Å². The Morgan fingerprint density at radius 2 is 2.10 bits per heavy atom. The topological polar surface area (TPSA) is 90.9 Å². The van der Waals surface area contributed by atoms with E-state index in [1.54, 1.807) is 28.5 Å². The predicted molar refractivity (Wildman–Crippen MR) is 166 cm³/mol. The average molecular weight is 573 g/mol. The number of nitrogens with zero attached hydrogens (tertiary/aromatic N) is 3. The zero-order valence-corrected chi connectivity index (χ0v) is 24.1. The van der Waals surface area contributed by atoms with Gasteiger partial charge < -0.3 is 11.1 Å². The second-order valence-corrected chi connectivity index (χ2v) is 11.6. The summed E-state index contributed by atoms with van der Waals surface area (Å²) in [6, 6.07) is 5.67. The molecular formula is C32H34F2N6S. The van der Waals surface area contributed by atoms with Gasteiger partial charge >= 0.3 is 0 Å². The van der Waals surface area contributed by atoms with E-state index in [0.717, 1.165) is 39.1 Å². The Kier molecular flexibility index (Phi) is 8.28. The highest BCUT2D eigenvalue weighted by molar-refractivity contribution is 7.08. The number of aromatic nitrogens is 2. The number of rotatable bonds is 9. The van der Waals surface area contributed by atoms with Crippen molar-refractivity contribution in [1.82, 2.24) is 14.9 Å². The van der Waals surface area contributed by atoms with Crippen molar-refractivity contribution in [1.29, 1.82) is 5.41 Å². The Morgan fingerprint density at radius 1 is 1.27 bits per heavy atom. The minimum Gasteiger partial charge on any atom is -0.397 e. The van der Waals surface area contributed by atoms with E-state index in [0.29, 0.717) is 48.7 Å². The second kappa shape index (κ2) is 11.9. The molecule has 2 aliphatic heterocycles. The van der Waals surface area contributed by atoms with Crippen LogP contribution in [0.2, 0.25) is 0 Å². The van der Waals surface area contributed by atoms with Crippen LogP contribution in [-0.4, -0.2) is 46.1 Å². The lowest BCUT2D eigenvalue weighted by Gasteiger charge is -2.22. The summed E-state index contributed by atoms with van der Waals surface area (Å²) in [4.78, 5) is 11.0. The van der Waals surface area contributed by atoms with Crippen LogP contribution in [0, 0.1) is 5.41 Å². The van der Waals surface area contributed by atoms with Crippen LogP contribution >= 0.6 is 11.3 Å². The van der Waals surface area contributed by atoms with Gasteiger partial charge in [0.2, 0.25) is 0 Å². The first kappa shape index (κ1) is 28.6. The summed E-state index contributed by atoms with van der Waals surface area (Å²) < 4.78 is 27.4. The van der Waals surface area contributed by atoms with Crippen molar-refractivity contribution < 1.29 is 8.78 Å². The highest BCUT2D eigenvalue weighted by atomic mass is 32.1. The molecule has 41 heavy (non-hydrogen) atoms. The summed E-state index contributed by atoms with van der Waals surface area (Å²) in [5.74, 6) is -2.63. The Hall–Kier alpha value is -3.95. The van der Waals surface area contributed by atoms with E-state index in [-0.39, 0.29) is 18.7 Å². The molecule has 0 radical (unpaired) electrons. The van der Waals surface area contributed by atoms with Crippen LogP contribution in [0.1, 0.15) is 43.6 Å². The number of allylic oxidation sites excluding steroid dienone is 6. The fourth-order valence-corrected chi connectivity index (χ4v) is 5.79. The summed E-state index contributed by atoms with van der Waals surface area (Å²) in [6.45, 7) is 8.51. The summed E-state index contributed by atoms with van der Waals surface area (Å²) in [7, 11) is 0. The number of halogens is 2. The molecule has 1 fully saturated rings.